The maximum Gasteiger partial charge on any atom is 0.416 e. The lowest BCUT2D eigenvalue weighted by Gasteiger charge is -2.49. The molecular weight excluding hydrogens is 802 g/mol. The number of aliphatic imine (C=N–C) groups is 2. The van der Waals surface area contributed by atoms with E-state index < -0.39 is 11.7 Å². The molecular formula is C56H57F3N4O. The van der Waals surface area contributed by atoms with Gasteiger partial charge in [-0.1, -0.05) is 152 Å². The first-order valence-corrected chi connectivity index (χ1v) is 22.9. The highest BCUT2D eigenvalue weighted by molar-refractivity contribution is 5.95. The normalized spacial score (nSPS) is 23.9. The van der Waals surface area contributed by atoms with Crippen LogP contribution in [0.3, 0.4) is 0 Å². The van der Waals surface area contributed by atoms with E-state index in [1.807, 2.05) is 24.3 Å². The fourth-order valence-electron chi connectivity index (χ4n) is 10.8. The third-order valence-electron chi connectivity index (χ3n) is 13.9. The molecule has 8 heteroatoms. The molecule has 12 rings (SSSR count). The number of nitrogens with zero attached hydrogens (tertiary/aromatic N) is 4. The van der Waals surface area contributed by atoms with Crippen molar-refractivity contribution >= 4 is 11.4 Å². The topological polar surface area (TPSA) is 40.4 Å². The lowest BCUT2D eigenvalue weighted by Crippen LogP contribution is -2.58. The molecule has 0 amide bonds. The molecule has 6 aliphatic heterocycles. The van der Waals surface area contributed by atoms with Gasteiger partial charge < -0.3 is 4.74 Å². The molecule has 328 valence electrons. The summed E-state index contributed by atoms with van der Waals surface area (Å²) >= 11 is 0. The predicted molar refractivity (Wildman–Crippen MR) is 252 cm³/mol. The summed E-state index contributed by atoms with van der Waals surface area (Å²) in [5.74, 6) is 2.32. The number of benzene rings is 6. The van der Waals surface area contributed by atoms with Crippen molar-refractivity contribution in [3.63, 3.8) is 0 Å². The molecule has 4 bridgehead atoms. The van der Waals surface area contributed by atoms with Gasteiger partial charge in [-0.2, -0.15) is 13.2 Å². The van der Waals surface area contributed by atoms with Gasteiger partial charge in [-0.15, -0.1) is 0 Å². The number of para-hydroxylation sites is 1. The van der Waals surface area contributed by atoms with Gasteiger partial charge in [0.15, 0.2) is 0 Å². The lowest BCUT2D eigenvalue weighted by atomic mass is 9.72. The second-order valence-corrected chi connectivity index (χ2v) is 17.6. The Morgan fingerprint density at radius 2 is 0.922 bits per heavy atom. The van der Waals surface area contributed by atoms with Crippen molar-refractivity contribution in [1.29, 1.82) is 0 Å². The van der Waals surface area contributed by atoms with E-state index in [9.17, 15) is 13.2 Å². The largest absolute Gasteiger partial charge is 0.496 e. The minimum absolute atomic E-state index is 0.119. The minimum Gasteiger partial charge on any atom is -0.496 e. The molecule has 6 fully saturated rings. The Kier molecular flexibility index (Phi) is 13.5. The van der Waals surface area contributed by atoms with Crippen LogP contribution in [0.25, 0.3) is 0 Å². The van der Waals surface area contributed by atoms with Crippen LogP contribution >= 0.6 is 0 Å². The van der Waals surface area contributed by atoms with E-state index in [0.29, 0.717) is 35.9 Å². The van der Waals surface area contributed by atoms with Gasteiger partial charge in [0, 0.05) is 40.7 Å². The van der Waals surface area contributed by atoms with Crippen LogP contribution in [0.2, 0.25) is 0 Å². The van der Waals surface area contributed by atoms with E-state index in [0.717, 1.165) is 49.0 Å². The fraction of sp³-hybridized carbons (Fsp3) is 0.321. The van der Waals surface area contributed by atoms with Gasteiger partial charge in [-0.05, 0) is 97.9 Å². The third kappa shape index (κ3) is 9.64. The molecule has 0 spiro atoms. The first-order valence-electron chi connectivity index (χ1n) is 22.9. The summed E-state index contributed by atoms with van der Waals surface area (Å²) in [7, 11) is 1.74. The van der Waals surface area contributed by atoms with E-state index in [4.69, 9.17) is 14.7 Å². The Labute approximate surface area is 376 Å². The number of methoxy groups -OCH3 is 1. The Hall–Kier alpha value is -5.83. The first kappa shape index (κ1) is 43.4. The number of rotatable bonds is 11. The second-order valence-electron chi connectivity index (χ2n) is 17.6. The Morgan fingerprint density at radius 3 is 1.34 bits per heavy atom. The first-order chi connectivity index (χ1) is 31.4. The van der Waals surface area contributed by atoms with Crippen LogP contribution in [0.5, 0.6) is 5.75 Å². The Bertz CT molecular complexity index is 2400. The number of piperidine rings is 6. The van der Waals surface area contributed by atoms with Crippen LogP contribution in [-0.2, 0) is 19.3 Å². The van der Waals surface area contributed by atoms with Crippen LogP contribution in [-0.4, -0.2) is 66.6 Å². The zero-order valence-electron chi connectivity index (χ0n) is 36.5. The molecule has 6 heterocycles. The predicted octanol–water partition coefficient (Wildman–Crippen LogP) is 12.1. The van der Waals surface area contributed by atoms with Gasteiger partial charge in [-0.3, -0.25) is 19.8 Å². The maximum absolute atomic E-state index is 13.2. The maximum atomic E-state index is 13.2. The third-order valence-corrected chi connectivity index (χ3v) is 13.9. The minimum atomic E-state index is -4.34. The van der Waals surface area contributed by atoms with Gasteiger partial charge in [-0.25, -0.2) is 0 Å². The summed E-state index contributed by atoms with van der Waals surface area (Å²) in [4.78, 5) is 15.5. The number of halogens is 3. The number of hydrogen-bond acceptors (Lipinski definition) is 5. The van der Waals surface area contributed by atoms with Crippen molar-refractivity contribution in [3.8, 4) is 5.75 Å². The highest BCUT2D eigenvalue weighted by atomic mass is 19.4. The van der Waals surface area contributed by atoms with Crippen molar-refractivity contribution < 1.29 is 17.9 Å². The molecule has 2 unspecified atom stereocenters. The van der Waals surface area contributed by atoms with Crippen LogP contribution in [0.4, 0.5) is 13.2 Å². The molecule has 0 aromatic heterocycles. The summed E-state index contributed by atoms with van der Waals surface area (Å²) in [6, 6.07) is 57.2. The highest BCUT2D eigenvalue weighted by Gasteiger charge is 2.45. The summed E-state index contributed by atoms with van der Waals surface area (Å²) < 4.78 is 45.1. The van der Waals surface area contributed by atoms with Gasteiger partial charge in [0.2, 0.25) is 0 Å². The fourth-order valence-corrected chi connectivity index (χ4v) is 10.8. The van der Waals surface area contributed by atoms with Gasteiger partial charge >= 0.3 is 6.18 Å². The standard InChI is InChI=1S/C28H27F3N2.C28H30N2O/c29-28(30,31)24-13-7-8-20(18-24)19-32-26-23-14-16-33(17-15-23)27(26)25(21-9-3-1-4-10-21)22-11-5-2-6-12-22;1-31-25-15-9-8-14-24(25)20-29-27-23-16-18-30(19-17-23)28(27)26(21-10-4-2-5-11-21)22-12-6-3-7-13-22/h1-13,18,23,25,27H,14-17,19H2;2-15,23,26,28H,16-20H2,1H3. The van der Waals surface area contributed by atoms with Crippen molar-refractivity contribution in [2.75, 3.05) is 33.3 Å². The summed E-state index contributed by atoms with van der Waals surface area (Å²) in [5, 5.41) is 0. The highest BCUT2D eigenvalue weighted by Crippen LogP contribution is 2.42. The van der Waals surface area contributed by atoms with Gasteiger partial charge in [0.1, 0.15) is 5.75 Å². The number of alkyl halides is 3. The van der Waals surface area contributed by atoms with Crippen molar-refractivity contribution in [1.82, 2.24) is 9.80 Å². The number of fused-ring (bicyclic) bond motifs is 6. The average molecular weight is 859 g/mol. The summed E-state index contributed by atoms with van der Waals surface area (Å²) in [5.41, 5.74) is 8.89. The smallest absolute Gasteiger partial charge is 0.416 e. The van der Waals surface area contributed by atoms with E-state index in [2.05, 4.69) is 131 Å². The molecule has 0 N–H and O–H groups in total. The zero-order chi connectivity index (χ0) is 43.9. The Morgan fingerprint density at radius 1 is 0.516 bits per heavy atom. The SMILES string of the molecule is COc1ccccc1CN=C1C2CCN(CC2)C1C(c1ccccc1)c1ccccc1.FC(F)(F)c1cccc(CN=C2C3CCN(CC3)C2C(c2ccccc2)c2ccccc2)c1. The van der Waals surface area contributed by atoms with Crippen molar-refractivity contribution in [2.24, 2.45) is 21.8 Å². The molecule has 6 aromatic carbocycles. The number of ether oxygens (including phenoxy) is 1. The Balaban J connectivity index is 0.000000162. The van der Waals surface area contributed by atoms with E-state index in [1.165, 1.54) is 66.0 Å². The molecule has 0 aliphatic carbocycles. The van der Waals surface area contributed by atoms with Crippen LogP contribution in [0.15, 0.2) is 180 Å². The molecule has 6 aliphatic rings. The van der Waals surface area contributed by atoms with Gasteiger partial charge in [0.25, 0.3) is 0 Å². The summed E-state index contributed by atoms with van der Waals surface area (Å²) in [6.45, 7) is 5.35. The van der Waals surface area contributed by atoms with Gasteiger partial charge in [0.05, 0.1) is 37.8 Å². The second kappa shape index (κ2) is 19.9. The van der Waals surface area contributed by atoms with Crippen molar-refractivity contribution in [2.45, 2.75) is 68.9 Å². The molecule has 64 heavy (non-hydrogen) atoms. The molecule has 2 atom stereocenters. The molecule has 6 aromatic rings. The lowest BCUT2D eigenvalue weighted by molar-refractivity contribution is -0.137. The van der Waals surface area contributed by atoms with E-state index in [-0.39, 0.29) is 18.5 Å². The van der Waals surface area contributed by atoms with Crippen LogP contribution in [0, 0.1) is 11.8 Å². The monoisotopic (exact) mass is 858 g/mol. The number of hydrogen-bond donors (Lipinski definition) is 0. The molecule has 5 nitrogen and oxygen atoms in total. The molecule has 0 radical (unpaired) electrons. The van der Waals surface area contributed by atoms with Crippen LogP contribution in [0.1, 0.15) is 76.5 Å². The van der Waals surface area contributed by atoms with E-state index >= 15 is 0 Å². The molecule has 0 saturated carbocycles. The average Bonchev–Trinajstić information content (AvgIpc) is 3.35. The quantitative estimate of drug-likeness (QED) is 0.130. The summed E-state index contributed by atoms with van der Waals surface area (Å²) in [6.07, 6.45) is 0.227. The van der Waals surface area contributed by atoms with Crippen LogP contribution < -0.4 is 4.74 Å². The van der Waals surface area contributed by atoms with Crippen molar-refractivity contribution in [3.05, 3.63) is 209 Å². The molecule has 6 saturated heterocycles. The van der Waals surface area contributed by atoms with E-state index in [1.54, 1.807) is 13.2 Å². The zero-order valence-corrected chi connectivity index (χ0v) is 36.5.